The highest BCUT2D eigenvalue weighted by Crippen LogP contribution is 2.22. The van der Waals surface area contributed by atoms with Crippen molar-refractivity contribution in [3.05, 3.63) is 52.5 Å². The van der Waals surface area contributed by atoms with Gasteiger partial charge >= 0.3 is 6.01 Å². The van der Waals surface area contributed by atoms with Gasteiger partial charge in [0, 0.05) is 16.1 Å². The quantitative estimate of drug-likeness (QED) is 0.862. The number of ether oxygens (including phenoxy) is 1. The van der Waals surface area contributed by atoms with E-state index in [1.807, 2.05) is 12.1 Å². The first-order chi connectivity index (χ1) is 11.6. The molecule has 0 saturated heterocycles. The SMILES string of the molecule is O=C(NC1CCC(Oc2ncc(F)cn2)CC1)c1ccc(Br)cc1. The van der Waals surface area contributed by atoms with Crippen molar-refractivity contribution in [3.8, 4) is 6.01 Å². The fourth-order valence-electron chi connectivity index (χ4n) is 2.71. The zero-order valence-electron chi connectivity index (χ0n) is 12.9. The van der Waals surface area contributed by atoms with Crippen molar-refractivity contribution in [2.24, 2.45) is 0 Å². The average Bonchev–Trinajstić information content (AvgIpc) is 2.59. The molecule has 1 aliphatic rings. The molecular formula is C17H17BrFN3O2. The van der Waals surface area contributed by atoms with Crippen LogP contribution in [0.4, 0.5) is 4.39 Å². The number of nitrogens with one attached hydrogen (secondary N) is 1. The molecule has 126 valence electrons. The Bertz CT molecular complexity index is 686. The Labute approximate surface area is 147 Å². The molecule has 1 fully saturated rings. The van der Waals surface area contributed by atoms with Crippen LogP contribution in [0, 0.1) is 5.82 Å². The Morgan fingerprint density at radius 3 is 2.38 bits per heavy atom. The van der Waals surface area contributed by atoms with E-state index in [9.17, 15) is 9.18 Å². The smallest absolute Gasteiger partial charge is 0.316 e. The predicted octanol–water partition coefficient (Wildman–Crippen LogP) is 3.50. The van der Waals surface area contributed by atoms with Gasteiger partial charge in [0.2, 0.25) is 0 Å². The summed E-state index contributed by atoms with van der Waals surface area (Å²) in [5, 5.41) is 3.06. The summed E-state index contributed by atoms with van der Waals surface area (Å²) >= 11 is 3.35. The highest BCUT2D eigenvalue weighted by molar-refractivity contribution is 9.10. The molecule has 0 atom stereocenters. The van der Waals surface area contributed by atoms with Crippen LogP contribution in [0.25, 0.3) is 0 Å². The molecule has 5 nitrogen and oxygen atoms in total. The summed E-state index contributed by atoms with van der Waals surface area (Å²) in [4.78, 5) is 19.8. The number of nitrogens with zero attached hydrogens (tertiary/aromatic N) is 2. The van der Waals surface area contributed by atoms with E-state index in [4.69, 9.17) is 4.74 Å². The monoisotopic (exact) mass is 393 g/mol. The van der Waals surface area contributed by atoms with Crippen LogP contribution in [0.1, 0.15) is 36.0 Å². The van der Waals surface area contributed by atoms with Crippen LogP contribution in [0.5, 0.6) is 6.01 Å². The van der Waals surface area contributed by atoms with Crippen molar-refractivity contribution in [1.82, 2.24) is 15.3 Å². The lowest BCUT2D eigenvalue weighted by molar-refractivity contribution is 0.0885. The van der Waals surface area contributed by atoms with Crippen LogP contribution in [-0.2, 0) is 0 Å². The second-order valence-electron chi connectivity index (χ2n) is 5.76. The Kier molecular flexibility index (Phi) is 5.40. The minimum absolute atomic E-state index is 0.00343. The van der Waals surface area contributed by atoms with Crippen molar-refractivity contribution in [3.63, 3.8) is 0 Å². The highest BCUT2D eigenvalue weighted by Gasteiger charge is 2.24. The topological polar surface area (TPSA) is 64.1 Å². The normalized spacial score (nSPS) is 20.4. The summed E-state index contributed by atoms with van der Waals surface area (Å²) in [6.45, 7) is 0. The summed E-state index contributed by atoms with van der Waals surface area (Å²) in [5.74, 6) is -0.546. The van der Waals surface area contributed by atoms with E-state index >= 15 is 0 Å². The molecule has 1 amide bonds. The molecule has 1 N–H and O–H groups in total. The lowest BCUT2D eigenvalue weighted by Crippen LogP contribution is -2.39. The van der Waals surface area contributed by atoms with E-state index in [0.717, 1.165) is 42.5 Å². The van der Waals surface area contributed by atoms with Gasteiger partial charge in [0.05, 0.1) is 12.4 Å². The molecule has 7 heteroatoms. The number of hydrogen-bond acceptors (Lipinski definition) is 4. The van der Waals surface area contributed by atoms with Crippen molar-refractivity contribution < 1.29 is 13.9 Å². The fraction of sp³-hybridized carbons (Fsp3) is 0.353. The molecule has 0 spiro atoms. The molecule has 1 aromatic carbocycles. The Morgan fingerprint density at radius 1 is 1.12 bits per heavy atom. The average molecular weight is 394 g/mol. The molecule has 0 aliphatic heterocycles. The molecule has 1 saturated carbocycles. The molecule has 0 radical (unpaired) electrons. The maximum Gasteiger partial charge on any atom is 0.316 e. The first kappa shape index (κ1) is 16.8. The zero-order chi connectivity index (χ0) is 16.9. The van der Waals surface area contributed by atoms with Crippen molar-refractivity contribution >= 4 is 21.8 Å². The molecule has 3 rings (SSSR count). The number of halogens is 2. The minimum atomic E-state index is -0.485. The van der Waals surface area contributed by atoms with E-state index in [0.29, 0.717) is 5.56 Å². The number of rotatable bonds is 4. The van der Waals surface area contributed by atoms with Crippen LogP contribution in [0.15, 0.2) is 41.1 Å². The lowest BCUT2D eigenvalue weighted by Gasteiger charge is -2.28. The van der Waals surface area contributed by atoms with E-state index in [1.54, 1.807) is 12.1 Å². The van der Waals surface area contributed by atoms with Crippen LogP contribution < -0.4 is 10.1 Å². The molecular weight excluding hydrogens is 377 g/mol. The van der Waals surface area contributed by atoms with Crippen LogP contribution in [0.3, 0.4) is 0 Å². The number of amides is 1. The molecule has 2 aromatic rings. The summed E-state index contributed by atoms with van der Waals surface area (Å²) in [7, 11) is 0. The lowest BCUT2D eigenvalue weighted by atomic mass is 9.92. The van der Waals surface area contributed by atoms with Gasteiger partial charge in [-0.3, -0.25) is 4.79 Å². The van der Waals surface area contributed by atoms with Gasteiger partial charge in [-0.25, -0.2) is 14.4 Å². The van der Waals surface area contributed by atoms with Crippen molar-refractivity contribution in [2.45, 2.75) is 37.8 Å². The first-order valence-corrected chi connectivity index (χ1v) is 8.60. The van der Waals surface area contributed by atoms with Gasteiger partial charge < -0.3 is 10.1 Å². The molecule has 0 bridgehead atoms. The maximum absolute atomic E-state index is 12.8. The Morgan fingerprint density at radius 2 is 1.75 bits per heavy atom. The predicted molar refractivity (Wildman–Crippen MR) is 90.3 cm³/mol. The third-order valence-corrected chi connectivity index (χ3v) is 4.51. The van der Waals surface area contributed by atoms with E-state index in [1.165, 1.54) is 0 Å². The van der Waals surface area contributed by atoms with Gasteiger partial charge in [-0.05, 0) is 49.9 Å². The Hall–Kier alpha value is -2.02. The largest absolute Gasteiger partial charge is 0.460 e. The van der Waals surface area contributed by atoms with Gasteiger partial charge in [0.25, 0.3) is 5.91 Å². The van der Waals surface area contributed by atoms with Gasteiger partial charge in [-0.15, -0.1) is 0 Å². The number of carbonyl (C=O) groups excluding carboxylic acids is 1. The van der Waals surface area contributed by atoms with Crippen LogP contribution in [0.2, 0.25) is 0 Å². The Balaban J connectivity index is 1.47. The fourth-order valence-corrected chi connectivity index (χ4v) is 2.97. The second kappa shape index (κ2) is 7.70. The highest BCUT2D eigenvalue weighted by atomic mass is 79.9. The first-order valence-electron chi connectivity index (χ1n) is 7.81. The standard InChI is InChI=1S/C17H17BrFN3O2/c18-12-3-1-11(2-4-12)16(23)22-14-5-7-15(8-6-14)24-17-20-9-13(19)10-21-17/h1-4,9-10,14-15H,5-8H2,(H,22,23). The minimum Gasteiger partial charge on any atom is -0.460 e. The van der Waals surface area contributed by atoms with Crippen LogP contribution >= 0.6 is 15.9 Å². The summed E-state index contributed by atoms with van der Waals surface area (Å²) in [5.41, 5.74) is 0.649. The number of benzene rings is 1. The van der Waals surface area contributed by atoms with E-state index in [-0.39, 0.29) is 24.1 Å². The van der Waals surface area contributed by atoms with Gasteiger partial charge in [-0.1, -0.05) is 15.9 Å². The third kappa shape index (κ3) is 4.50. The summed E-state index contributed by atoms with van der Waals surface area (Å²) in [6, 6.07) is 7.61. The van der Waals surface area contributed by atoms with Gasteiger partial charge in [0.15, 0.2) is 5.82 Å². The molecule has 1 aliphatic carbocycles. The molecule has 1 heterocycles. The summed E-state index contributed by atoms with van der Waals surface area (Å²) < 4.78 is 19.4. The molecule has 24 heavy (non-hydrogen) atoms. The maximum atomic E-state index is 12.8. The van der Waals surface area contributed by atoms with Gasteiger partial charge in [0.1, 0.15) is 6.10 Å². The van der Waals surface area contributed by atoms with Crippen molar-refractivity contribution in [1.29, 1.82) is 0 Å². The third-order valence-electron chi connectivity index (χ3n) is 3.98. The zero-order valence-corrected chi connectivity index (χ0v) is 14.5. The second-order valence-corrected chi connectivity index (χ2v) is 6.67. The molecule has 1 aromatic heterocycles. The van der Waals surface area contributed by atoms with Crippen LogP contribution in [-0.4, -0.2) is 28.0 Å². The van der Waals surface area contributed by atoms with E-state index < -0.39 is 5.82 Å². The number of carbonyl (C=O) groups is 1. The van der Waals surface area contributed by atoms with Crippen molar-refractivity contribution in [2.75, 3.05) is 0 Å². The molecule has 0 unspecified atom stereocenters. The number of aromatic nitrogens is 2. The van der Waals surface area contributed by atoms with Gasteiger partial charge in [-0.2, -0.15) is 0 Å². The summed E-state index contributed by atoms with van der Waals surface area (Å²) in [6.07, 6.45) is 5.43. The van der Waals surface area contributed by atoms with E-state index in [2.05, 4.69) is 31.2 Å². The number of hydrogen-bond donors (Lipinski definition) is 1.